The summed E-state index contributed by atoms with van der Waals surface area (Å²) in [5.74, 6) is -9.65. The molecule has 8 amide bonds. The largest absolute Gasteiger partial charge is 0.480 e. The molecule has 14 unspecified atom stereocenters. The van der Waals surface area contributed by atoms with Crippen LogP contribution < -0.4 is 71.6 Å². The summed E-state index contributed by atoms with van der Waals surface area (Å²) in [6.07, 6.45) is 26.5. The number of aliphatic hydroxyl groups is 4. The van der Waals surface area contributed by atoms with Gasteiger partial charge in [-0.3, -0.25) is 43.2 Å². The summed E-state index contributed by atoms with van der Waals surface area (Å²) in [4.78, 5) is 125. The normalized spacial score (nSPS) is 19.6. The predicted octanol–water partition coefficient (Wildman–Crippen LogP) is 1.99. The lowest BCUT2D eigenvalue weighted by molar-refractivity contribution is -0.140. The molecule has 1 aliphatic heterocycles. The summed E-state index contributed by atoms with van der Waals surface area (Å²) in [6.45, 7) is 6.91. The number of carbonyl (C=O) groups excluding carboxylic acids is 8. The van der Waals surface area contributed by atoms with Crippen molar-refractivity contribution in [2.24, 2.45) is 40.3 Å². The summed E-state index contributed by atoms with van der Waals surface area (Å²) >= 11 is 0. The maximum atomic E-state index is 14.1. The maximum Gasteiger partial charge on any atom is 0.321 e. The number of hydrogen-bond donors (Lipinski definition) is 19. The summed E-state index contributed by atoms with van der Waals surface area (Å²) in [5, 5.41) is 70.1. The number of amides is 8. The molecule has 29 heteroatoms. The molecule has 0 saturated carbocycles. The highest BCUT2D eigenvalue weighted by Crippen LogP contribution is 2.20. The molecule has 1 fully saturated rings. The zero-order valence-electron chi connectivity index (χ0n) is 59.4. The average Bonchev–Trinajstić information content (AvgIpc) is 1.78. The fraction of sp³-hybridized carbons (Fsp3) is 0.826. The Morgan fingerprint density at radius 2 is 1.09 bits per heavy atom. The van der Waals surface area contributed by atoms with Crippen molar-refractivity contribution in [2.45, 2.75) is 350 Å². The number of aromatic amines is 1. The van der Waals surface area contributed by atoms with Gasteiger partial charge in [-0.2, -0.15) is 0 Å². The zero-order valence-corrected chi connectivity index (χ0v) is 59.4. The number of primary amides is 1. The number of rotatable bonds is 55. The molecule has 1 aromatic rings. The third-order valence-corrected chi connectivity index (χ3v) is 18.2. The van der Waals surface area contributed by atoms with Gasteiger partial charge >= 0.3 is 5.97 Å². The SMILES string of the molecule is CC(N)CCCCCCCC(N)CCCCCCCC(N)CCCCCCCC(N)CCCCCCCC(O)CCNC(=O)CC(O)CC(O)CC(O)C(NC(=O)C1NC(=O)C(CC(N)=O)NC(=O)C(NC(=O)[C@H](Cc2cnc[nH]2)NC(=O)CC(N)C(=O)O)CC(=O)NC1C)C(C)C. The Morgan fingerprint density at radius 1 is 0.592 bits per heavy atom. The second-order valence-electron chi connectivity index (χ2n) is 28.1. The van der Waals surface area contributed by atoms with Gasteiger partial charge in [0.2, 0.25) is 47.3 Å². The number of carboxylic acids is 1. The van der Waals surface area contributed by atoms with Gasteiger partial charge < -0.3 is 102 Å². The highest BCUT2D eigenvalue weighted by molar-refractivity contribution is 5.99. The minimum Gasteiger partial charge on any atom is -0.480 e. The number of nitrogens with two attached hydrogens (primary N) is 6. The van der Waals surface area contributed by atoms with Gasteiger partial charge in [0.25, 0.3) is 0 Å². The Hall–Kier alpha value is -5.92. The van der Waals surface area contributed by atoms with Crippen LogP contribution in [0.15, 0.2) is 12.5 Å². The fourth-order valence-corrected chi connectivity index (χ4v) is 12.3. The standard InChI is InChI=1S/C69H129N15O14/c1-44(2)63(83-68(96)64-46(4)79-62(92)41-57(66(94)81-56(40-59(75)89)67(95)84-64)82-65(93)55(35-50-42-76-43-78-50)80-61(91)39-54(74)69(97)98)58(88)37-52(86)36-53(87)38-60(90)77-34-33-51(85)32-24-16-8-15-23-31-49(73)30-22-14-7-13-21-29-48(72)28-20-12-6-11-19-27-47(71)26-18-10-5-9-17-25-45(3)70/h42-49,51-58,63-64,85-88H,5-41,70-74H2,1-4H3,(H2,75,89)(H,76,78)(H,77,90)(H,79,92)(H,80,91)(H,81,94)(H,82,93)(H,83,96)(H,84,95)(H,97,98)/t45?,46?,47?,48?,49?,51?,52?,53?,54?,55-,56?,57?,58?,63?,64?/m0/s1. The van der Waals surface area contributed by atoms with Gasteiger partial charge in [-0.1, -0.05) is 142 Å². The lowest BCUT2D eigenvalue weighted by Gasteiger charge is -2.33. The van der Waals surface area contributed by atoms with Gasteiger partial charge in [-0.25, -0.2) is 4.98 Å². The van der Waals surface area contributed by atoms with Crippen LogP contribution in [0.3, 0.4) is 0 Å². The van der Waals surface area contributed by atoms with E-state index in [0.717, 1.165) is 83.5 Å². The van der Waals surface area contributed by atoms with E-state index in [4.69, 9.17) is 34.4 Å². The molecule has 564 valence electrons. The molecule has 0 spiro atoms. The maximum absolute atomic E-state index is 14.1. The Kier molecular flexibility index (Phi) is 46.1. The van der Waals surface area contributed by atoms with Crippen molar-refractivity contribution in [3.63, 3.8) is 0 Å². The number of unbranched alkanes of at least 4 members (excludes halogenated alkanes) is 16. The molecule has 0 aliphatic carbocycles. The molecular formula is C69H129N15O14. The first-order chi connectivity index (χ1) is 46.5. The van der Waals surface area contributed by atoms with E-state index in [1.165, 1.54) is 109 Å². The smallest absolute Gasteiger partial charge is 0.321 e. The minimum absolute atomic E-state index is 0.181. The molecule has 25 N–H and O–H groups in total. The van der Waals surface area contributed by atoms with Gasteiger partial charge in [-0.05, 0) is 84.0 Å². The Bertz CT molecular complexity index is 2430. The quantitative estimate of drug-likeness (QED) is 0.0415. The molecule has 0 bridgehead atoms. The third kappa shape index (κ3) is 41.6. The van der Waals surface area contributed by atoms with Crippen LogP contribution in [0.5, 0.6) is 0 Å². The fourth-order valence-electron chi connectivity index (χ4n) is 12.3. The minimum atomic E-state index is -1.77. The van der Waals surface area contributed by atoms with Crippen LogP contribution in [-0.2, 0) is 49.6 Å². The molecule has 15 atom stereocenters. The zero-order chi connectivity index (χ0) is 73.0. The average molecular weight is 1390 g/mol. The summed E-state index contributed by atoms with van der Waals surface area (Å²) in [7, 11) is 0. The van der Waals surface area contributed by atoms with Crippen molar-refractivity contribution in [1.29, 1.82) is 0 Å². The van der Waals surface area contributed by atoms with E-state index in [1.54, 1.807) is 13.8 Å². The van der Waals surface area contributed by atoms with Crippen LogP contribution in [-0.4, -0.2) is 186 Å². The summed E-state index contributed by atoms with van der Waals surface area (Å²) in [5.41, 5.74) is 36.4. The number of nitrogens with zero attached hydrogens (tertiary/aromatic N) is 1. The molecule has 2 rings (SSSR count). The van der Waals surface area contributed by atoms with Crippen molar-refractivity contribution in [1.82, 2.24) is 47.2 Å². The first-order valence-electron chi connectivity index (χ1n) is 36.6. The highest BCUT2D eigenvalue weighted by Gasteiger charge is 2.39. The second-order valence-corrected chi connectivity index (χ2v) is 28.1. The molecule has 29 nitrogen and oxygen atoms in total. The number of imidazole rings is 1. The molecule has 1 saturated heterocycles. The lowest BCUT2D eigenvalue weighted by atomic mass is 9.92. The van der Waals surface area contributed by atoms with Gasteiger partial charge in [0.05, 0.1) is 68.5 Å². The van der Waals surface area contributed by atoms with Crippen LogP contribution >= 0.6 is 0 Å². The number of H-pyrrole nitrogens is 1. The second kappa shape index (κ2) is 51.3. The van der Waals surface area contributed by atoms with Crippen molar-refractivity contribution in [3.8, 4) is 0 Å². The Labute approximate surface area is 581 Å². The van der Waals surface area contributed by atoms with Crippen LogP contribution in [0.25, 0.3) is 0 Å². The lowest BCUT2D eigenvalue weighted by Crippen LogP contribution is -2.62. The van der Waals surface area contributed by atoms with E-state index >= 15 is 0 Å². The van der Waals surface area contributed by atoms with E-state index in [0.29, 0.717) is 36.7 Å². The first-order valence-corrected chi connectivity index (χ1v) is 36.6. The van der Waals surface area contributed by atoms with Crippen molar-refractivity contribution in [2.75, 3.05) is 6.54 Å². The number of aromatic nitrogens is 2. The topological polar surface area (TPSA) is 524 Å². The number of aliphatic hydroxyl groups excluding tert-OH is 4. The number of hydrogen-bond acceptors (Lipinski definition) is 19. The summed E-state index contributed by atoms with van der Waals surface area (Å²) < 4.78 is 0. The van der Waals surface area contributed by atoms with E-state index in [-0.39, 0.29) is 38.3 Å². The van der Waals surface area contributed by atoms with E-state index in [1.807, 2.05) is 0 Å². The molecule has 98 heavy (non-hydrogen) atoms. The van der Waals surface area contributed by atoms with Gasteiger partial charge in [-0.15, -0.1) is 0 Å². The van der Waals surface area contributed by atoms with E-state index in [9.17, 15) is 68.7 Å². The number of carbonyl (C=O) groups is 9. The molecule has 0 aromatic carbocycles. The number of nitrogens with one attached hydrogen (secondary N) is 8. The van der Waals surface area contributed by atoms with Crippen LogP contribution in [0.2, 0.25) is 0 Å². The van der Waals surface area contributed by atoms with Gasteiger partial charge in [0.15, 0.2) is 0 Å². The van der Waals surface area contributed by atoms with Gasteiger partial charge in [0.1, 0.15) is 30.2 Å². The monoisotopic (exact) mass is 1390 g/mol. The van der Waals surface area contributed by atoms with Crippen LogP contribution in [0.1, 0.15) is 258 Å². The number of carboxylic acid groups (broad SMARTS) is 1. The molecule has 2 heterocycles. The Balaban J connectivity index is 1.68. The summed E-state index contributed by atoms with van der Waals surface area (Å²) in [6, 6.07) is -9.46. The predicted molar refractivity (Wildman–Crippen MR) is 375 cm³/mol. The third-order valence-electron chi connectivity index (χ3n) is 18.2. The number of aliphatic carboxylic acids is 1. The van der Waals surface area contributed by atoms with Crippen molar-refractivity contribution in [3.05, 3.63) is 18.2 Å². The van der Waals surface area contributed by atoms with Crippen LogP contribution in [0, 0.1) is 5.92 Å². The first kappa shape index (κ1) is 88.2. The van der Waals surface area contributed by atoms with Crippen molar-refractivity contribution < 1.29 is 68.7 Å². The molecular weight excluding hydrogens is 1260 g/mol. The molecule has 0 radical (unpaired) electrons. The molecule has 1 aliphatic rings. The van der Waals surface area contributed by atoms with Gasteiger partial charge in [0, 0.05) is 55.4 Å². The van der Waals surface area contributed by atoms with E-state index in [2.05, 4.69) is 54.1 Å². The van der Waals surface area contributed by atoms with Crippen LogP contribution in [0.4, 0.5) is 0 Å². The highest BCUT2D eigenvalue weighted by atomic mass is 16.4. The molecule has 1 aromatic heterocycles. The Morgan fingerprint density at radius 3 is 1.56 bits per heavy atom. The van der Waals surface area contributed by atoms with Crippen molar-refractivity contribution >= 4 is 53.2 Å². The van der Waals surface area contributed by atoms with E-state index < -0.39 is 145 Å².